The van der Waals surface area contributed by atoms with Gasteiger partial charge in [0.2, 0.25) is 11.8 Å². The number of barbiturate groups is 1. The van der Waals surface area contributed by atoms with E-state index in [0.29, 0.717) is 26.2 Å². The second-order valence-corrected chi connectivity index (χ2v) is 11.0. The van der Waals surface area contributed by atoms with Crippen molar-refractivity contribution in [1.82, 2.24) is 19.3 Å². The van der Waals surface area contributed by atoms with Gasteiger partial charge in [0.15, 0.2) is 0 Å². The van der Waals surface area contributed by atoms with Crippen LogP contribution in [0.1, 0.15) is 43.4 Å². The van der Waals surface area contributed by atoms with Gasteiger partial charge in [-0.15, -0.1) is 0 Å². The van der Waals surface area contributed by atoms with Crippen LogP contribution in [0.25, 0.3) is 0 Å². The molecule has 202 valence electrons. The van der Waals surface area contributed by atoms with Crippen LogP contribution in [0.3, 0.4) is 0 Å². The fourth-order valence-corrected chi connectivity index (χ4v) is 6.37. The third-order valence-corrected chi connectivity index (χ3v) is 8.25. The maximum absolute atomic E-state index is 13.8. The number of unbranched alkanes of at least 4 members (excludes halogenated alkanes) is 1. The standard InChI is InChI=1S/C29H36N4O5/c1-4-5-13-38-23-11-9-20(10-12-23)15-29(26(35)30(2)28(37)31(3)27(29)36)19-32-16-21-14-22(18-32)24-7-6-8-25(34)33(24)17-21/h6-12,21-22H,4-5,13-19H2,1-3H3/t21-,22-/m0/s1. The van der Waals surface area contributed by atoms with Gasteiger partial charge in [0.1, 0.15) is 11.2 Å². The Morgan fingerprint density at radius 2 is 1.63 bits per heavy atom. The number of imide groups is 2. The molecule has 1 aromatic heterocycles. The number of rotatable bonds is 8. The first-order chi connectivity index (χ1) is 18.2. The highest BCUT2D eigenvalue weighted by Gasteiger charge is 2.56. The van der Waals surface area contributed by atoms with Crippen molar-refractivity contribution in [2.24, 2.45) is 11.3 Å². The summed E-state index contributed by atoms with van der Waals surface area (Å²) >= 11 is 0. The molecule has 0 unspecified atom stereocenters. The minimum atomic E-state index is -1.43. The van der Waals surface area contributed by atoms with Crippen LogP contribution in [0.2, 0.25) is 0 Å². The second kappa shape index (κ2) is 10.4. The van der Waals surface area contributed by atoms with Crippen molar-refractivity contribution in [2.45, 2.75) is 45.1 Å². The van der Waals surface area contributed by atoms with E-state index in [4.69, 9.17) is 4.74 Å². The van der Waals surface area contributed by atoms with Crippen LogP contribution in [0.15, 0.2) is 47.3 Å². The van der Waals surface area contributed by atoms with E-state index >= 15 is 0 Å². The molecule has 4 amide bonds. The summed E-state index contributed by atoms with van der Waals surface area (Å²) < 4.78 is 7.65. The fourth-order valence-electron chi connectivity index (χ4n) is 6.37. The number of benzene rings is 1. The zero-order valence-electron chi connectivity index (χ0n) is 22.4. The van der Waals surface area contributed by atoms with E-state index in [-0.39, 0.29) is 30.4 Å². The Balaban J connectivity index is 1.43. The molecule has 38 heavy (non-hydrogen) atoms. The number of hydrogen-bond donors (Lipinski definition) is 0. The van der Waals surface area contributed by atoms with Crippen molar-refractivity contribution < 1.29 is 19.1 Å². The first-order valence-corrected chi connectivity index (χ1v) is 13.5. The third kappa shape index (κ3) is 4.64. The molecule has 9 heteroatoms. The SMILES string of the molecule is CCCCOc1ccc(CC2(CN3C[C@@H]4C[C@@H](C3)c3cccc(=O)n3C4)C(=O)N(C)C(=O)N(C)C2=O)cc1. The van der Waals surface area contributed by atoms with E-state index in [1.165, 1.54) is 14.1 Å². The average Bonchev–Trinajstić information content (AvgIpc) is 2.91. The lowest BCUT2D eigenvalue weighted by molar-refractivity contribution is -0.159. The van der Waals surface area contributed by atoms with Crippen LogP contribution in [0.4, 0.5) is 4.79 Å². The summed E-state index contributed by atoms with van der Waals surface area (Å²) in [6, 6.07) is 12.3. The maximum atomic E-state index is 13.8. The van der Waals surface area contributed by atoms with E-state index in [1.54, 1.807) is 12.1 Å². The van der Waals surface area contributed by atoms with Crippen molar-refractivity contribution in [3.8, 4) is 5.75 Å². The topological polar surface area (TPSA) is 92.2 Å². The minimum absolute atomic E-state index is 0.0173. The Bertz CT molecular complexity index is 1260. The van der Waals surface area contributed by atoms with Crippen LogP contribution in [0, 0.1) is 11.3 Å². The average molecular weight is 521 g/mol. The number of nitrogens with zero attached hydrogens (tertiary/aromatic N) is 4. The number of hydrogen-bond acceptors (Lipinski definition) is 6. The summed E-state index contributed by atoms with van der Waals surface area (Å²) in [5.74, 6) is 0.213. The maximum Gasteiger partial charge on any atom is 0.332 e. The highest BCUT2D eigenvalue weighted by atomic mass is 16.5. The van der Waals surface area contributed by atoms with Crippen LogP contribution in [0.5, 0.6) is 5.75 Å². The summed E-state index contributed by atoms with van der Waals surface area (Å²) in [5, 5.41) is 0. The van der Waals surface area contributed by atoms with Gasteiger partial charge in [0.05, 0.1) is 6.61 Å². The number of ether oxygens (including phenoxy) is 1. The van der Waals surface area contributed by atoms with Gasteiger partial charge in [-0.2, -0.15) is 0 Å². The summed E-state index contributed by atoms with van der Waals surface area (Å²) in [7, 11) is 2.89. The van der Waals surface area contributed by atoms with Gasteiger partial charge in [-0.3, -0.25) is 24.2 Å². The summed E-state index contributed by atoms with van der Waals surface area (Å²) in [5.41, 5.74) is 0.435. The zero-order valence-corrected chi connectivity index (χ0v) is 22.4. The minimum Gasteiger partial charge on any atom is -0.494 e. The summed E-state index contributed by atoms with van der Waals surface area (Å²) in [6.07, 6.45) is 3.18. The molecule has 9 nitrogen and oxygen atoms in total. The van der Waals surface area contributed by atoms with Gasteiger partial charge in [0.25, 0.3) is 5.56 Å². The molecule has 0 N–H and O–H groups in total. The Morgan fingerprint density at radius 3 is 2.32 bits per heavy atom. The molecule has 3 aliphatic heterocycles. The number of pyridine rings is 1. The van der Waals surface area contributed by atoms with Crippen LogP contribution in [-0.4, -0.2) is 77.4 Å². The highest BCUT2D eigenvalue weighted by molar-refractivity contribution is 6.19. The number of carbonyl (C=O) groups excluding carboxylic acids is 3. The predicted octanol–water partition coefficient (Wildman–Crippen LogP) is 2.73. The van der Waals surface area contributed by atoms with Crippen molar-refractivity contribution in [3.63, 3.8) is 0 Å². The Kier molecular flexibility index (Phi) is 7.13. The molecule has 0 aliphatic carbocycles. The smallest absolute Gasteiger partial charge is 0.332 e. The van der Waals surface area contributed by atoms with Crippen LogP contribution < -0.4 is 10.3 Å². The first-order valence-electron chi connectivity index (χ1n) is 13.5. The molecule has 2 saturated heterocycles. The molecule has 1 aromatic carbocycles. The van der Waals surface area contributed by atoms with Crippen molar-refractivity contribution in [2.75, 3.05) is 40.3 Å². The van der Waals surface area contributed by atoms with Crippen LogP contribution in [-0.2, 0) is 22.6 Å². The largest absolute Gasteiger partial charge is 0.494 e. The highest BCUT2D eigenvalue weighted by Crippen LogP contribution is 2.39. The third-order valence-electron chi connectivity index (χ3n) is 8.25. The molecule has 2 fully saturated rings. The summed E-state index contributed by atoms with van der Waals surface area (Å²) in [6.45, 7) is 4.93. The number of likely N-dealkylation sites (tertiary alicyclic amines) is 1. The van der Waals surface area contributed by atoms with Crippen molar-refractivity contribution in [1.29, 1.82) is 0 Å². The molecule has 2 aromatic rings. The molecular formula is C29H36N4O5. The first kappa shape index (κ1) is 26.2. The van der Waals surface area contributed by atoms with E-state index < -0.39 is 23.3 Å². The predicted molar refractivity (Wildman–Crippen MR) is 142 cm³/mol. The monoisotopic (exact) mass is 520 g/mol. The Labute approximate surface area is 223 Å². The molecular weight excluding hydrogens is 484 g/mol. The van der Waals surface area contributed by atoms with Gasteiger partial charge >= 0.3 is 6.03 Å². The molecule has 5 rings (SSSR count). The van der Waals surface area contributed by atoms with E-state index in [2.05, 4.69) is 11.8 Å². The Morgan fingerprint density at radius 1 is 0.921 bits per heavy atom. The molecule has 0 spiro atoms. The van der Waals surface area contributed by atoms with E-state index in [9.17, 15) is 19.2 Å². The van der Waals surface area contributed by atoms with E-state index in [1.807, 2.05) is 34.9 Å². The number of fused-ring (bicyclic) bond motifs is 4. The van der Waals surface area contributed by atoms with Crippen molar-refractivity contribution >= 4 is 17.8 Å². The molecule has 2 bridgehead atoms. The van der Waals surface area contributed by atoms with Gasteiger partial charge < -0.3 is 14.2 Å². The second-order valence-electron chi connectivity index (χ2n) is 11.0. The number of piperidine rings is 1. The quantitative estimate of drug-likeness (QED) is 0.393. The molecule has 2 atom stereocenters. The Hall–Kier alpha value is -3.46. The molecule has 4 heterocycles. The molecule has 0 radical (unpaired) electrons. The lowest BCUT2D eigenvalue weighted by atomic mass is 9.75. The number of aromatic nitrogens is 1. The zero-order chi connectivity index (χ0) is 27.0. The lowest BCUT2D eigenvalue weighted by Gasteiger charge is -2.48. The van der Waals surface area contributed by atoms with Gasteiger partial charge in [-0.05, 0) is 48.9 Å². The van der Waals surface area contributed by atoms with Gasteiger partial charge in [0, 0.05) is 58.0 Å². The van der Waals surface area contributed by atoms with E-state index in [0.717, 1.165) is 46.1 Å². The van der Waals surface area contributed by atoms with Crippen molar-refractivity contribution in [3.05, 3.63) is 64.1 Å². The lowest BCUT2D eigenvalue weighted by Crippen LogP contribution is -2.67. The van der Waals surface area contributed by atoms with Gasteiger partial charge in [-0.1, -0.05) is 31.5 Å². The normalized spacial score (nSPS) is 23.0. The molecule has 3 aliphatic rings. The molecule has 0 saturated carbocycles. The number of amides is 4. The summed E-state index contributed by atoms with van der Waals surface area (Å²) in [4.78, 5) is 57.0. The number of carbonyl (C=O) groups is 3. The number of urea groups is 1. The fraction of sp³-hybridized carbons (Fsp3) is 0.517. The van der Waals surface area contributed by atoms with Crippen LogP contribution >= 0.6 is 0 Å². The van der Waals surface area contributed by atoms with Gasteiger partial charge in [-0.25, -0.2) is 4.79 Å².